The van der Waals surface area contributed by atoms with Crippen molar-refractivity contribution in [3.8, 4) is 6.07 Å². The molecule has 3 heterocycles. The number of imidazole rings is 1. The first-order valence-electron chi connectivity index (χ1n) is 8.75. The standard InChI is InChI=1S/C19H23N5O/c1-23-8-6-21-18(23)12-24-7-5-19(14-24)10-17(13-25-19)22-16-4-2-3-15(9-16)11-20/h2-4,6,8-9,17,22H,5,7,10,12-14H2,1H3/t17-,19-/m0/s1. The van der Waals surface area contributed by atoms with Crippen molar-refractivity contribution >= 4 is 5.69 Å². The highest BCUT2D eigenvalue weighted by Crippen LogP contribution is 2.36. The van der Waals surface area contributed by atoms with E-state index in [1.807, 2.05) is 43.7 Å². The van der Waals surface area contributed by atoms with Gasteiger partial charge in [0.15, 0.2) is 0 Å². The highest BCUT2D eigenvalue weighted by Gasteiger charge is 2.45. The molecule has 6 heteroatoms. The van der Waals surface area contributed by atoms with Gasteiger partial charge >= 0.3 is 0 Å². The average Bonchev–Trinajstić information content (AvgIpc) is 3.31. The fraction of sp³-hybridized carbons (Fsp3) is 0.474. The number of aromatic nitrogens is 2. The zero-order valence-electron chi connectivity index (χ0n) is 14.5. The Morgan fingerprint density at radius 2 is 2.40 bits per heavy atom. The summed E-state index contributed by atoms with van der Waals surface area (Å²) in [7, 11) is 2.04. The molecule has 130 valence electrons. The van der Waals surface area contributed by atoms with Gasteiger partial charge in [-0.1, -0.05) is 6.07 Å². The summed E-state index contributed by atoms with van der Waals surface area (Å²) >= 11 is 0. The van der Waals surface area contributed by atoms with Crippen molar-refractivity contribution in [2.45, 2.75) is 31.0 Å². The lowest BCUT2D eigenvalue weighted by Crippen LogP contribution is -2.33. The molecule has 0 saturated carbocycles. The van der Waals surface area contributed by atoms with Crippen LogP contribution in [0.5, 0.6) is 0 Å². The lowest BCUT2D eigenvalue weighted by Gasteiger charge is -2.23. The van der Waals surface area contributed by atoms with E-state index in [1.54, 1.807) is 0 Å². The Morgan fingerprint density at radius 1 is 1.48 bits per heavy atom. The second kappa shape index (κ2) is 6.51. The fourth-order valence-electron chi connectivity index (χ4n) is 3.95. The summed E-state index contributed by atoms with van der Waals surface area (Å²) in [4.78, 5) is 6.85. The quantitative estimate of drug-likeness (QED) is 0.926. The number of nitrogens with one attached hydrogen (secondary N) is 1. The Hall–Kier alpha value is -2.36. The van der Waals surface area contributed by atoms with Crippen LogP contribution in [0.1, 0.15) is 24.2 Å². The average molecular weight is 337 g/mol. The second-order valence-corrected chi connectivity index (χ2v) is 7.15. The summed E-state index contributed by atoms with van der Waals surface area (Å²) in [6.45, 7) is 3.59. The number of nitrogens with zero attached hydrogens (tertiary/aromatic N) is 4. The predicted molar refractivity (Wildman–Crippen MR) is 95.0 cm³/mol. The Labute approximate surface area is 148 Å². The zero-order valence-corrected chi connectivity index (χ0v) is 14.5. The Kier molecular flexibility index (Phi) is 4.20. The van der Waals surface area contributed by atoms with Crippen LogP contribution in [0.4, 0.5) is 5.69 Å². The van der Waals surface area contributed by atoms with Crippen LogP contribution in [-0.2, 0) is 18.3 Å². The zero-order chi connectivity index (χ0) is 17.3. The molecule has 0 radical (unpaired) electrons. The minimum atomic E-state index is -0.0460. The van der Waals surface area contributed by atoms with Crippen molar-refractivity contribution in [3.05, 3.63) is 48.0 Å². The number of hydrogen-bond donors (Lipinski definition) is 1. The predicted octanol–water partition coefficient (Wildman–Crippen LogP) is 2.14. The summed E-state index contributed by atoms with van der Waals surface area (Å²) in [6.07, 6.45) is 5.90. The number of anilines is 1. The maximum atomic E-state index is 9.03. The molecule has 6 nitrogen and oxygen atoms in total. The van der Waals surface area contributed by atoms with Crippen LogP contribution in [-0.4, -0.2) is 45.8 Å². The summed E-state index contributed by atoms with van der Waals surface area (Å²) in [5.74, 6) is 1.10. The smallest absolute Gasteiger partial charge is 0.122 e. The molecule has 2 aliphatic heterocycles. The number of rotatable bonds is 4. The van der Waals surface area contributed by atoms with E-state index in [1.165, 1.54) is 0 Å². The highest BCUT2D eigenvalue weighted by molar-refractivity contribution is 5.50. The maximum absolute atomic E-state index is 9.03. The summed E-state index contributed by atoms with van der Waals surface area (Å²) < 4.78 is 8.30. The van der Waals surface area contributed by atoms with Gasteiger partial charge in [0.05, 0.1) is 36.4 Å². The van der Waals surface area contributed by atoms with E-state index in [9.17, 15) is 0 Å². The van der Waals surface area contributed by atoms with Crippen LogP contribution < -0.4 is 5.32 Å². The lowest BCUT2D eigenvalue weighted by molar-refractivity contribution is 0.0117. The van der Waals surface area contributed by atoms with E-state index < -0.39 is 0 Å². The number of aryl methyl sites for hydroxylation is 1. The number of benzene rings is 1. The van der Waals surface area contributed by atoms with Gasteiger partial charge in [0, 0.05) is 44.6 Å². The Morgan fingerprint density at radius 3 is 3.20 bits per heavy atom. The van der Waals surface area contributed by atoms with Crippen molar-refractivity contribution < 1.29 is 4.74 Å². The molecule has 0 bridgehead atoms. The normalized spacial score (nSPS) is 26.2. The molecule has 2 aliphatic rings. The minimum Gasteiger partial charge on any atom is -0.380 e. The molecule has 4 rings (SSSR count). The molecule has 2 aromatic rings. The molecule has 0 aliphatic carbocycles. The molecular weight excluding hydrogens is 314 g/mol. The molecule has 1 spiro atoms. The number of nitriles is 1. The SMILES string of the molecule is Cn1ccnc1CN1CC[C@]2(C[C@H](Nc3cccc(C#N)c3)CO2)C1. The Balaban J connectivity index is 1.36. The van der Waals surface area contributed by atoms with Gasteiger partial charge in [-0.2, -0.15) is 5.26 Å². The van der Waals surface area contributed by atoms with Crippen molar-refractivity contribution in [1.82, 2.24) is 14.5 Å². The van der Waals surface area contributed by atoms with Gasteiger partial charge in [0.1, 0.15) is 5.82 Å². The Bertz CT molecular complexity index is 795. The van der Waals surface area contributed by atoms with Gasteiger partial charge in [-0.25, -0.2) is 4.98 Å². The third-order valence-corrected chi connectivity index (χ3v) is 5.25. The molecule has 0 amide bonds. The first kappa shape index (κ1) is 16.1. The van der Waals surface area contributed by atoms with Crippen LogP contribution in [0.2, 0.25) is 0 Å². The van der Waals surface area contributed by atoms with E-state index in [-0.39, 0.29) is 5.60 Å². The van der Waals surface area contributed by atoms with E-state index in [2.05, 4.69) is 25.8 Å². The third-order valence-electron chi connectivity index (χ3n) is 5.25. The van der Waals surface area contributed by atoms with Crippen LogP contribution in [0.3, 0.4) is 0 Å². The van der Waals surface area contributed by atoms with Crippen molar-refractivity contribution in [3.63, 3.8) is 0 Å². The monoisotopic (exact) mass is 337 g/mol. The van der Waals surface area contributed by atoms with E-state index in [0.29, 0.717) is 18.2 Å². The van der Waals surface area contributed by atoms with Crippen LogP contribution in [0.15, 0.2) is 36.7 Å². The van der Waals surface area contributed by atoms with Crippen molar-refractivity contribution in [2.75, 3.05) is 25.0 Å². The first-order valence-corrected chi connectivity index (χ1v) is 8.75. The molecule has 1 aromatic carbocycles. The topological polar surface area (TPSA) is 66.1 Å². The van der Waals surface area contributed by atoms with Crippen LogP contribution in [0.25, 0.3) is 0 Å². The molecule has 25 heavy (non-hydrogen) atoms. The van der Waals surface area contributed by atoms with Crippen LogP contribution in [0, 0.1) is 11.3 Å². The molecule has 2 atom stereocenters. The van der Waals surface area contributed by atoms with Gasteiger partial charge in [-0.15, -0.1) is 0 Å². The molecule has 1 N–H and O–H groups in total. The maximum Gasteiger partial charge on any atom is 0.122 e. The first-order chi connectivity index (χ1) is 12.2. The molecule has 2 fully saturated rings. The fourth-order valence-corrected chi connectivity index (χ4v) is 3.95. The number of hydrogen-bond acceptors (Lipinski definition) is 5. The van der Waals surface area contributed by atoms with Gasteiger partial charge in [-0.05, 0) is 24.6 Å². The molecular formula is C19H23N5O. The summed E-state index contributed by atoms with van der Waals surface area (Å²) in [5, 5.41) is 12.6. The number of likely N-dealkylation sites (tertiary alicyclic amines) is 1. The van der Waals surface area contributed by atoms with E-state index in [0.717, 1.165) is 44.0 Å². The summed E-state index contributed by atoms with van der Waals surface area (Å²) in [6, 6.07) is 10.1. The third kappa shape index (κ3) is 3.39. The highest BCUT2D eigenvalue weighted by atomic mass is 16.5. The van der Waals surface area contributed by atoms with Crippen molar-refractivity contribution in [1.29, 1.82) is 5.26 Å². The molecule has 1 aromatic heterocycles. The second-order valence-electron chi connectivity index (χ2n) is 7.15. The van der Waals surface area contributed by atoms with Gasteiger partial charge in [-0.3, -0.25) is 4.90 Å². The summed E-state index contributed by atoms with van der Waals surface area (Å²) in [5.41, 5.74) is 1.63. The van der Waals surface area contributed by atoms with Gasteiger partial charge in [0.25, 0.3) is 0 Å². The molecule has 2 saturated heterocycles. The minimum absolute atomic E-state index is 0.0460. The number of ether oxygens (including phenoxy) is 1. The largest absolute Gasteiger partial charge is 0.380 e. The molecule has 0 unspecified atom stereocenters. The van der Waals surface area contributed by atoms with E-state index in [4.69, 9.17) is 10.00 Å². The van der Waals surface area contributed by atoms with Crippen LogP contribution >= 0.6 is 0 Å². The lowest BCUT2D eigenvalue weighted by atomic mass is 9.97. The van der Waals surface area contributed by atoms with Gasteiger partial charge in [0.2, 0.25) is 0 Å². The van der Waals surface area contributed by atoms with E-state index >= 15 is 0 Å². The van der Waals surface area contributed by atoms with Crippen molar-refractivity contribution in [2.24, 2.45) is 7.05 Å². The van der Waals surface area contributed by atoms with Gasteiger partial charge < -0.3 is 14.6 Å².